The molecular weight excluding hydrogens is 244 g/mol. The minimum absolute atomic E-state index is 0.0274. The highest BCUT2D eigenvalue weighted by Gasteiger charge is 2.07. The van der Waals surface area contributed by atoms with Crippen LogP contribution < -0.4 is 0 Å². The van der Waals surface area contributed by atoms with Crippen molar-refractivity contribution in [2.24, 2.45) is 0 Å². The Morgan fingerprint density at radius 2 is 2.12 bits per heavy atom. The molecule has 0 bridgehead atoms. The van der Waals surface area contributed by atoms with E-state index in [1.165, 1.54) is 13.0 Å². The van der Waals surface area contributed by atoms with E-state index in [4.69, 9.17) is 5.26 Å². The number of hydrogen-bond acceptors (Lipinski definition) is 3. The van der Waals surface area contributed by atoms with Crippen molar-refractivity contribution in [2.45, 2.75) is 6.92 Å². The maximum atomic E-state index is 13.0. The summed E-state index contributed by atoms with van der Waals surface area (Å²) in [6.45, 7) is 1.44. The molecule has 0 aliphatic heterocycles. The fourth-order valence-electron chi connectivity index (χ4n) is 1.14. The molecule has 0 aromatic heterocycles. The van der Waals surface area contributed by atoms with Gasteiger partial charge in [0.05, 0.1) is 11.6 Å². The highest BCUT2D eigenvalue weighted by molar-refractivity contribution is 8.13. The molecule has 1 aromatic carbocycles. The van der Waals surface area contributed by atoms with Crippen molar-refractivity contribution in [3.05, 3.63) is 41.0 Å². The first-order chi connectivity index (χ1) is 8.04. The van der Waals surface area contributed by atoms with Crippen LogP contribution in [-0.2, 0) is 4.79 Å². The third kappa shape index (κ3) is 4.00. The fraction of sp³-hybridized carbons (Fsp3) is 0.167. The van der Waals surface area contributed by atoms with Gasteiger partial charge in [0.15, 0.2) is 16.7 Å². The maximum Gasteiger partial charge on any atom is 0.186 e. The molecule has 0 fully saturated rings. The van der Waals surface area contributed by atoms with E-state index >= 15 is 0 Å². The minimum atomic E-state index is -1.04. The number of thioether (sulfide) groups is 1. The number of carbonyl (C=O) groups is 1. The standard InChI is InChI=1S/C12H9F2NOS/c1-8(16)17-4-2-3-9-5-11(13)12(14)6-10(9)7-15/h2-3,5-6H,4H2,1H3. The van der Waals surface area contributed by atoms with Crippen molar-refractivity contribution in [3.63, 3.8) is 0 Å². The quantitative estimate of drug-likeness (QED) is 0.831. The number of rotatable bonds is 3. The van der Waals surface area contributed by atoms with Crippen LogP contribution >= 0.6 is 11.8 Å². The monoisotopic (exact) mass is 253 g/mol. The van der Waals surface area contributed by atoms with Crippen LogP contribution in [0.1, 0.15) is 18.1 Å². The average molecular weight is 253 g/mol. The topological polar surface area (TPSA) is 40.9 Å². The van der Waals surface area contributed by atoms with Crippen LogP contribution in [0.25, 0.3) is 6.08 Å². The molecule has 0 heterocycles. The summed E-state index contributed by atoms with van der Waals surface area (Å²) in [7, 11) is 0. The molecule has 88 valence electrons. The Morgan fingerprint density at radius 3 is 2.71 bits per heavy atom. The van der Waals surface area contributed by atoms with Crippen molar-refractivity contribution < 1.29 is 13.6 Å². The van der Waals surface area contributed by atoms with Crippen molar-refractivity contribution in [2.75, 3.05) is 5.75 Å². The van der Waals surface area contributed by atoms with E-state index < -0.39 is 11.6 Å². The summed E-state index contributed by atoms with van der Waals surface area (Å²) >= 11 is 1.09. The molecule has 1 aromatic rings. The Labute approximate surface area is 102 Å². The Bertz CT molecular complexity index is 506. The Hall–Kier alpha value is -1.67. The number of benzene rings is 1. The van der Waals surface area contributed by atoms with Crippen LogP contribution in [0.2, 0.25) is 0 Å². The van der Waals surface area contributed by atoms with Gasteiger partial charge in [-0.3, -0.25) is 4.79 Å². The number of nitrogens with zero attached hydrogens (tertiary/aromatic N) is 1. The van der Waals surface area contributed by atoms with E-state index in [0.29, 0.717) is 11.3 Å². The first-order valence-corrected chi connectivity index (χ1v) is 5.72. The fourth-order valence-corrected chi connectivity index (χ4v) is 1.56. The second-order valence-corrected chi connectivity index (χ2v) is 4.37. The molecule has 0 saturated carbocycles. The van der Waals surface area contributed by atoms with Gasteiger partial charge in [0.25, 0.3) is 0 Å². The Morgan fingerprint density at radius 1 is 1.47 bits per heavy atom. The lowest BCUT2D eigenvalue weighted by atomic mass is 10.1. The van der Waals surface area contributed by atoms with E-state index in [2.05, 4.69) is 0 Å². The zero-order valence-corrected chi connectivity index (χ0v) is 9.85. The summed E-state index contributed by atoms with van der Waals surface area (Å²) in [6, 6.07) is 3.60. The molecule has 0 amide bonds. The van der Waals surface area contributed by atoms with Crippen molar-refractivity contribution in [1.29, 1.82) is 5.26 Å². The second-order valence-electron chi connectivity index (χ2n) is 3.17. The third-order valence-electron chi connectivity index (χ3n) is 1.89. The van der Waals surface area contributed by atoms with E-state index in [9.17, 15) is 13.6 Å². The molecule has 0 spiro atoms. The zero-order valence-electron chi connectivity index (χ0n) is 9.04. The van der Waals surface area contributed by atoms with Gasteiger partial charge in [-0.25, -0.2) is 8.78 Å². The SMILES string of the molecule is CC(=O)SCC=Cc1cc(F)c(F)cc1C#N. The molecule has 17 heavy (non-hydrogen) atoms. The molecule has 1 rings (SSSR count). The summed E-state index contributed by atoms with van der Waals surface area (Å²) in [5.41, 5.74) is 0.364. The molecule has 0 aliphatic rings. The molecule has 0 atom stereocenters. The normalized spacial score (nSPS) is 10.5. The predicted octanol–water partition coefficient (Wildman–Crippen LogP) is 3.13. The first kappa shape index (κ1) is 13.4. The number of nitriles is 1. The minimum Gasteiger partial charge on any atom is -0.288 e. The van der Waals surface area contributed by atoms with E-state index in [1.807, 2.05) is 0 Å². The summed E-state index contributed by atoms with van der Waals surface area (Å²) in [4.78, 5) is 10.6. The molecule has 5 heteroatoms. The van der Waals surface area contributed by atoms with E-state index in [-0.39, 0.29) is 10.7 Å². The number of carbonyl (C=O) groups excluding carboxylic acids is 1. The van der Waals surface area contributed by atoms with Gasteiger partial charge in [-0.2, -0.15) is 5.26 Å². The van der Waals surface area contributed by atoms with E-state index in [0.717, 1.165) is 23.9 Å². The van der Waals surface area contributed by atoms with Gasteiger partial charge in [-0.05, 0) is 17.7 Å². The van der Waals surface area contributed by atoms with Crippen LogP contribution in [-0.4, -0.2) is 10.9 Å². The van der Waals surface area contributed by atoms with Gasteiger partial charge < -0.3 is 0 Å². The van der Waals surface area contributed by atoms with Gasteiger partial charge in [0, 0.05) is 12.7 Å². The largest absolute Gasteiger partial charge is 0.288 e. The van der Waals surface area contributed by atoms with Crippen LogP contribution in [0.3, 0.4) is 0 Å². The summed E-state index contributed by atoms with van der Waals surface area (Å²) < 4.78 is 25.8. The van der Waals surface area contributed by atoms with Gasteiger partial charge in [0.1, 0.15) is 0 Å². The van der Waals surface area contributed by atoms with Gasteiger partial charge >= 0.3 is 0 Å². The Balaban J connectivity index is 2.87. The van der Waals surface area contributed by atoms with Gasteiger partial charge in [-0.15, -0.1) is 0 Å². The van der Waals surface area contributed by atoms with Crippen LogP contribution in [0.15, 0.2) is 18.2 Å². The van der Waals surface area contributed by atoms with E-state index in [1.54, 1.807) is 12.1 Å². The maximum absolute atomic E-state index is 13.0. The van der Waals surface area contributed by atoms with Crippen LogP contribution in [0.4, 0.5) is 8.78 Å². The van der Waals surface area contributed by atoms with Gasteiger partial charge in [-0.1, -0.05) is 23.9 Å². The summed E-state index contributed by atoms with van der Waals surface area (Å²) in [5.74, 6) is -1.61. The predicted molar refractivity (Wildman–Crippen MR) is 63.2 cm³/mol. The lowest BCUT2D eigenvalue weighted by Crippen LogP contribution is -1.90. The lowest BCUT2D eigenvalue weighted by Gasteiger charge is -1.99. The number of hydrogen-bond donors (Lipinski definition) is 0. The average Bonchev–Trinajstić information content (AvgIpc) is 2.28. The molecule has 0 N–H and O–H groups in total. The highest BCUT2D eigenvalue weighted by atomic mass is 32.2. The Kier molecular flexibility index (Phi) is 4.85. The molecule has 0 radical (unpaired) electrons. The van der Waals surface area contributed by atoms with Crippen molar-refractivity contribution in [3.8, 4) is 6.07 Å². The van der Waals surface area contributed by atoms with Crippen LogP contribution in [0.5, 0.6) is 0 Å². The third-order valence-corrected chi connectivity index (χ3v) is 2.66. The smallest absolute Gasteiger partial charge is 0.186 e. The molecule has 2 nitrogen and oxygen atoms in total. The van der Waals surface area contributed by atoms with Crippen molar-refractivity contribution >= 4 is 23.0 Å². The molecular formula is C12H9F2NOS. The molecule has 0 aliphatic carbocycles. The summed E-state index contributed by atoms with van der Waals surface area (Å²) in [5, 5.41) is 8.72. The van der Waals surface area contributed by atoms with Crippen LogP contribution in [0, 0.1) is 23.0 Å². The number of halogens is 2. The van der Waals surface area contributed by atoms with Gasteiger partial charge in [0.2, 0.25) is 0 Å². The van der Waals surface area contributed by atoms with Crippen molar-refractivity contribution in [1.82, 2.24) is 0 Å². The lowest BCUT2D eigenvalue weighted by molar-refractivity contribution is -0.109. The zero-order chi connectivity index (χ0) is 12.8. The first-order valence-electron chi connectivity index (χ1n) is 4.73. The molecule has 0 unspecified atom stereocenters. The molecule has 0 saturated heterocycles. The highest BCUT2D eigenvalue weighted by Crippen LogP contribution is 2.16. The second kappa shape index (κ2) is 6.16. The summed E-state index contributed by atoms with van der Waals surface area (Å²) in [6.07, 6.45) is 3.12.